The van der Waals surface area contributed by atoms with Crippen LogP contribution >= 0.6 is 22.9 Å². The number of benzene rings is 1. The van der Waals surface area contributed by atoms with Crippen molar-refractivity contribution in [2.75, 3.05) is 0 Å². The summed E-state index contributed by atoms with van der Waals surface area (Å²) in [6.45, 7) is 2.02. The Bertz CT molecular complexity index is 462. The zero-order chi connectivity index (χ0) is 10.1. The Balaban J connectivity index is 2.62. The number of thiophene rings is 1. The van der Waals surface area contributed by atoms with Gasteiger partial charge in [0.1, 0.15) is 5.75 Å². The van der Waals surface area contributed by atoms with Crippen molar-refractivity contribution in [2.45, 2.75) is 6.92 Å². The number of rotatable bonds is 1. The van der Waals surface area contributed by atoms with Crippen molar-refractivity contribution in [2.24, 2.45) is 0 Å². The van der Waals surface area contributed by atoms with E-state index < -0.39 is 0 Å². The molecule has 1 N–H and O–H groups in total. The van der Waals surface area contributed by atoms with E-state index in [0.717, 1.165) is 16.0 Å². The van der Waals surface area contributed by atoms with Crippen LogP contribution in [0.1, 0.15) is 5.56 Å². The molecule has 1 aromatic carbocycles. The van der Waals surface area contributed by atoms with E-state index in [1.807, 2.05) is 18.4 Å². The van der Waals surface area contributed by atoms with Gasteiger partial charge in [-0.05, 0) is 42.1 Å². The van der Waals surface area contributed by atoms with Crippen LogP contribution in [0.3, 0.4) is 0 Å². The molecule has 14 heavy (non-hydrogen) atoms. The van der Waals surface area contributed by atoms with Crippen LogP contribution in [0.2, 0.25) is 5.02 Å². The summed E-state index contributed by atoms with van der Waals surface area (Å²) in [5, 5.41) is 12.3. The minimum Gasteiger partial charge on any atom is -0.507 e. The highest BCUT2D eigenvalue weighted by atomic mass is 35.5. The number of hydrogen-bond acceptors (Lipinski definition) is 2. The lowest BCUT2D eigenvalue weighted by Gasteiger charge is -2.03. The highest BCUT2D eigenvalue weighted by Crippen LogP contribution is 2.36. The molecule has 0 amide bonds. The summed E-state index contributed by atoms with van der Waals surface area (Å²) in [6, 6.07) is 7.12. The number of aryl methyl sites for hydroxylation is 1. The number of phenolic OH excluding ortho intramolecular Hbond substituents is 1. The Morgan fingerprint density at radius 2 is 2.07 bits per heavy atom. The van der Waals surface area contributed by atoms with E-state index in [9.17, 15) is 5.11 Å². The molecule has 0 aliphatic rings. The first-order valence-electron chi connectivity index (χ1n) is 4.21. The van der Waals surface area contributed by atoms with E-state index in [4.69, 9.17) is 11.6 Å². The van der Waals surface area contributed by atoms with Crippen molar-refractivity contribution in [3.8, 4) is 16.2 Å². The van der Waals surface area contributed by atoms with Gasteiger partial charge in [0.2, 0.25) is 0 Å². The predicted molar refractivity (Wildman–Crippen MR) is 61.2 cm³/mol. The van der Waals surface area contributed by atoms with Crippen LogP contribution in [0, 0.1) is 6.92 Å². The van der Waals surface area contributed by atoms with Gasteiger partial charge in [0.05, 0.1) is 0 Å². The standard InChI is InChI=1S/C11H9ClOS/c1-7-4-5-14-11(7)9-6-8(12)2-3-10(9)13/h2-6,13H,1H3. The molecule has 2 rings (SSSR count). The molecule has 0 aliphatic carbocycles. The lowest BCUT2D eigenvalue weighted by atomic mass is 10.1. The van der Waals surface area contributed by atoms with E-state index in [-0.39, 0.29) is 5.75 Å². The van der Waals surface area contributed by atoms with Crippen LogP contribution in [-0.4, -0.2) is 5.11 Å². The molecular weight excluding hydrogens is 216 g/mol. The summed E-state index contributed by atoms with van der Waals surface area (Å²) < 4.78 is 0. The smallest absolute Gasteiger partial charge is 0.124 e. The highest BCUT2D eigenvalue weighted by molar-refractivity contribution is 7.13. The molecule has 0 bridgehead atoms. The fourth-order valence-electron chi connectivity index (χ4n) is 1.34. The molecule has 1 heterocycles. The lowest BCUT2D eigenvalue weighted by molar-refractivity contribution is 0.477. The SMILES string of the molecule is Cc1ccsc1-c1cc(Cl)ccc1O. The topological polar surface area (TPSA) is 20.2 Å². The van der Waals surface area contributed by atoms with Crippen molar-refractivity contribution in [3.05, 3.63) is 40.2 Å². The molecule has 0 fully saturated rings. The second-order valence-electron chi connectivity index (χ2n) is 3.09. The molecule has 2 aromatic rings. The van der Waals surface area contributed by atoms with Crippen LogP contribution in [0.25, 0.3) is 10.4 Å². The van der Waals surface area contributed by atoms with E-state index in [1.54, 1.807) is 29.5 Å². The summed E-state index contributed by atoms with van der Waals surface area (Å²) in [7, 11) is 0. The Morgan fingerprint density at radius 3 is 2.71 bits per heavy atom. The zero-order valence-corrected chi connectivity index (χ0v) is 9.19. The average molecular weight is 225 g/mol. The maximum atomic E-state index is 9.68. The fourth-order valence-corrected chi connectivity index (χ4v) is 2.46. The van der Waals surface area contributed by atoms with Gasteiger partial charge >= 0.3 is 0 Å². The molecule has 0 saturated heterocycles. The Hall–Kier alpha value is -0.990. The molecule has 0 spiro atoms. The maximum absolute atomic E-state index is 9.68. The molecule has 0 saturated carbocycles. The maximum Gasteiger partial charge on any atom is 0.124 e. The molecule has 0 radical (unpaired) electrons. The molecule has 72 valence electrons. The molecule has 3 heteroatoms. The summed E-state index contributed by atoms with van der Waals surface area (Å²) in [5.74, 6) is 0.278. The van der Waals surface area contributed by atoms with E-state index >= 15 is 0 Å². The van der Waals surface area contributed by atoms with Crippen LogP contribution in [-0.2, 0) is 0 Å². The second-order valence-corrected chi connectivity index (χ2v) is 4.45. The molecule has 1 aromatic heterocycles. The van der Waals surface area contributed by atoms with Gasteiger partial charge in [0.25, 0.3) is 0 Å². The lowest BCUT2D eigenvalue weighted by Crippen LogP contribution is -1.77. The van der Waals surface area contributed by atoms with Crippen molar-refractivity contribution in [1.29, 1.82) is 0 Å². The molecule has 0 unspecified atom stereocenters. The van der Waals surface area contributed by atoms with Crippen LogP contribution in [0.5, 0.6) is 5.75 Å². The average Bonchev–Trinajstić information content (AvgIpc) is 2.56. The number of phenols is 1. The Labute approximate surface area is 91.6 Å². The van der Waals surface area contributed by atoms with Gasteiger partial charge in [-0.2, -0.15) is 0 Å². The minimum absolute atomic E-state index is 0.278. The summed E-state index contributed by atoms with van der Waals surface area (Å²) in [5.41, 5.74) is 1.97. The Morgan fingerprint density at radius 1 is 1.29 bits per heavy atom. The van der Waals surface area contributed by atoms with Gasteiger partial charge in [-0.25, -0.2) is 0 Å². The van der Waals surface area contributed by atoms with E-state index in [1.165, 1.54) is 0 Å². The van der Waals surface area contributed by atoms with Gasteiger partial charge in [0.15, 0.2) is 0 Å². The van der Waals surface area contributed by atoms with Crippen LogP contribution in [0.4, 0.5) is 0 Å². The second kappa shape index (κ2) is 3.64. The molecule has 1 nitrogen and oxygen atoms in total. The van der Waals surface area contributed by atoms with Gasteiger partial charge in [-0.15, -0.1) is 11.3 Å². The Kier molecular flexibility index (Phi) is 2.48. The third kappa shape index (κ3) is 1.63. The third-order valence-electron chi connectivity index (χ3n) is 2.07. The first-order chi connectivity index (χ1) is 6.68. The number of hydrogen-bond donors (Lipinski definition) is 1. The largest absolute Gasteiger partial charge is 0.507 e. The van der Waals surface area contributed by atoms with Gasteiger partial charge in [0, 0.05) is 15.5 Å². The fraction of sp³-hybridized carbons (Fsp3) is 0.0909. The van der Waals surface area contributed by atoms with Crippen molar-refractivity contribution in [1.82, 2.24) is 0 Å². The number of aromatic hydroxyl groups is 1. The van der Waals surface area contributed by atoms with Gasteiger partial charge in [-0.1, -0.05) is 11.6 Å². The summed E-state index contributed by atoms with van der Waals surface area (Å²) in [6.07, 6.45) is 0. The van der Waals surface area contributed by atoms with Gasteiger partial charge < -0.3 is 5.11 Å². The normalized spacial score (nSPS) is 10.4. The van der Waals surface area contributed by atoms with E-state index in [0.29, 0.717) is 5.02 Å². The van der Waals surface area contributed by atoms with Crippen LogP contribution < -0.4 is 0 Å². The van der Waals surface area contributed by atoms with Crippen molar-refractivity contribution in [3.63, 3.8) is 0 Å². The first kappa shape index (κ1) is 9.56. The molecular formula is C11H9ClOS. The zero-order valence-electron chi connectivity index (χ0n) is 7.62. The predicted octanol–water partition coefficient (Wildman–Crippen LogP) is 4.08. The monoisotopic (exact) mass is 224 g/mol. The van der Waals surface area contributed by atoms with Gasteiger partial charge in [-0.3, -0.25) is 0 Å². The van der Waals surface area contributed by atoms with E-state index in [2.05, 4.69) is 0 Å². The third-order valence-corrected chi connectivity index (χ3v) is 3.35. The van der Waals surface area contributed by atoms with Crippen LogP contribution in [0.15, 0.2) is 29.6 Å². The molecule has 0 aliphatic heterocycles. The van der Waals surface area contributed by atoms with Crippen molar-refractivity contribution < 1.29 is 5.11 Å². The van der Waals surface area contributed by atoms with Crippen molar-refractivity contribution >= 4 is 22.9 Å². The number of halogens is 1. The minimum atomic E-state index is 0.278. The summed E-state index contributed by atoms with van der Waals surface area (Å²) >= 11 is 7.49. The summed E-state index contributed by atoms with van der Waals surface area (Å²) in [4.78, 5) is 1.07. The first-order valence-corrected chi connectivity index (χ1v) is 5.47. The highest BCUT2D eigenvalue weighted by Gasteiger charge is 2.08. The molecule has 0 atom stereocenters. The quantitative estimate of drug-likeness (QED) is 0.774.